The van der Waals surface area contributed by atoms with Gasteiger partial charge in [-0.2, -0.15) is 0 Å². The van der Waals surface area contributed by atoms with Crippen LogP contribution in [0.3, 0.4) is 0 Å². The summed E-state index contributed by atoms with van der Waals surface area (Å²) in [6.07, 6.45) is 2.00. The first kappa shape index (κ1) is 21.9. The number of carbonyl (C=O) groups excluding carboxylic acids is 1. The van der Waals surface area contributed by atoms with Crippen LogP contribution in [0.25, 0.3) is 5.69 Å². The lowest BCUT2D eigenvalue weighted by atomic mass is 10.2. The van der Waals surface area contributed by atoms with Gasteiger partial charge in [0.05, 0.1) is 6.04 Å². The number of amides is 2. The number of thioether (sulfide) groups is 1. The summed E-state index contributed by atoms with van der Waals surface area (Å²) in [6.45, 7) is 6.76. The van der Waals surface area contributed by atoms with Gasteiger partial charge in [-0.3, -0.25) is 4.57 Å². The van der Waals surface area contributed by atoms with Crippen molar-refractivity contribution < 1.29 is 4.79 Å². The SMILES string of the molecule is CCCCNC(=O)NC(C)c1nnc(SCc2ccccc2)n1-c1ccc(C)cc1. The molecule has 0 aliphatic carbocycles. The Morgan fingerprint density at radius 3 is 2.53 bits per heavy atom. The molecule has 7 heteroatoms. The second kappa shape index (κ2) is 10.8. The zero-order valence-corrected chi connectivity index (χ0v) is 18.6. The number of nitrogens with one attached hydrogen (secondary N) is 2. The molecule has 2 amide bonds. The zero-order chi connectivity index (χ0) is 21.3. The highest BCUT2D eigenvalue weighted by Crippen LogP contribution is 2.27. The number of rotatable bonds is 9. The van der Waals surface area contributed by atoms with Gasteiger partial charge in [0.25, 0.3) is 0 Å². The molecule has 3 aromatic rings. The summed E-state index contributed by atoms with van der Waals surface area (Å²) in [7, 11) is 0. The fourth-order valence-electron chi connectivity index (χ4n) is 3.00. The number of hydrogen-bond acceptors (Lipinski definition) is 4. The lowest BCUT2D eigenvalue weighted by molar-refractivity contribution is 0.237. The van der Waals surface area contributed by atoms with Crippen molar-refractivity contribution in [2.45, 2.75) is 50.6 Å². The smallest absolute Gasteiger partial charge is 0.315 e. The first-order chi connectivity index (χ1) is 14.6. The van der Waals surface area contributed by atoms with Crippen molar-refractivity contribution in [1.29, 1.82) is 0 Å². The van der Waals surface area contributed by atoms with E-state index in [9.17, 15) is 4.79 Å². The third kappa shape index (κ3) is 5.86. The summed E-state index contributed by atoms with van der Waals surface area (Å²) < 4.78 is 2.03. The maximum Gasteiger partial charge on any atom is 0.315 e. The lowest BCUT2D eigenvalue weighted by Crippen LogP contribution is -2.38. The van der Waals surface area contributed by atoms with Gasteiger partial charge < -0.3 is 10.6 Å². The van der Waals surface area contributed by atoms with Crippen LogP contribution < -0.4 is 10.6 Å². The van der Waals surface area contributed by atoms with Gasteiger partial charge in [-0.25, -0.2) is 4.79 Å². The third-order valence-corrected chi connectivity index (χ3v) is 5.71. The van der Waals surface area contributed by atoms with Crippen LogP contribution in [0.15, 0.2) is 59.8 Å². The van der Waals surface area contributed by atoms with Crippen LogP contribution in [0.2, 0.25) is 0 Å². The molecule has 0 radical (unpaired) electrons. The van der Waals surface area contributed by atoms with Crippen LogP contribution >= 0.6 is 11.8 Å². The number of hydrogen-bond donors (Lipinski definition) is 2. The Bertz CT molecular complexity index is 940. The maximum absolute atomic E-state index is 12.2. The van der Waals surface area contributed by atoms with Gasteiger partial charge in [0, 0.05) is 18.0 Å². The van der Waals surface area contributed by atoms with Gasteiger partial charge in [-0.1, -0.05) is 73.1 Å². The number of aryl methyl sites for hydroxylation is 1. The van der Waals surface area contributed by atoms with Crippen LogP contribution in [0.1, 0.15) is 49.7 Å². The molecule has 0 saturated heterocycles. The molecule has 3 rings (SSSR count). The maximum atomic E-state index is 12.2. The molecule has 1 atom stereocenters. The van der Waals surface area contributed by atoms with Crippen molar-refractivity contribution in [2.75, 3.05) is 6.54 Å². The van der Waals surface area contributed by atoms with Crippen LogP contribution in [0.4, 0.5) is 4.79 Å². The molecular formula is C23H29N5OS. The Balaban J connectivity index is 1.82. The number of urea groups is 1. The first-order valence-electron chi connectivity index (χ1n) is 10.3. The van der Waals surface area contributed by atoms with E-state index < -0.39 is 0 Å². The van der Waals surface area contributed by atoms with Crippen molar-refractivity contribution in [3.8, 4) is 5.69 Å². The largest absolute Gasteiger partial charge is 0.338 e. The molecule has 0 saturated carbocycles. The highest BCUT2D eigenvalue weighted by atomic mass is 32.2. The highest BCUT2D eigenvalue weighted by Gasteiger charge is 2.21. The monoisotopic (exact) mass is 423 g/mol. The number of nitrogens with zero attached hydrogens (tertiary/aromatic N) is 3. The summed E-state index contributed by atoms with van der Waals surface area (Å²) >= 11 is 1.63. The fraction of sp³-hybridized carbons (Fsp3) is 0.348. The summed E-state index contributed by atoms with van der Waals surface area (Å²) in [5, 5.41) is 15.5. The van der Waals surface area contributed by atoms with Crippen molar-refractivity contribution in [3.05, 3.63) is 71.5 Å². The molecule has 1 aromatic heterocycles. The van der Waals surface area contributed by atoms with Crippen molar-refractivity contribution in [1.82, 2.24) is 25.4 Å². The molecule has 2 N–H and O–H groups in total. The molecule has 6 nitrogen and oxygen atoms in total. The van der Waals surface area contributed by atoms with Gasteiger partial charge in [0.2, 0.25) is 0 Å². The van der Waals surface area contributed by atoms with Crippen LogP contribution in [0.5, 0.6) is 0 Å². The van der Waals surface area contributed by atoms with Crippen molar-refractivity contribution in [3.63, 3.8) is 0 Å². The average molecular weight is 424 g/mol. The van der Waals surface area contributed by atoms with E-state index in [1.165, 1.54) is 11.1 Å². The van der Waals surface area contributed by atoms with Gasteiger partial charge in [-0.05, 0) is 38.0 Å². The van der Waals surface area contributed by atoms with E-state index >= 15 is 0 Å². The van der Waals surface area contributed by atoms with E-state index in [1.54, 1.807) is 11.8 Å². The Morgan fingerprint density at radius 2 is 1.83 bits per heavy atom. The third-order valence-electron chi connectivity index (χ3n) is 4.71. The fourth-order valence-corrected chi connectivity index (χ4v) is 3.92. The minimum Gasteiger partial charge on any atom is -0.338 e. The molecule has 30 heavy (non-hydrogen) atoms. The molecule has 1 heterocycles. The minimum atomic E-state index is -0.286. The van der Waals surface area contributed by atoms with Gasteiger partial charge in [0.15, 0.2) is 11.0 Å². The van der Waals surface area contributed by atoms with Crippen molar-refractivity contribution >= 4 is 17.8 Å². The molecule has 0 aliphatic rings. The standard InChI is InChI=1S/C23H29N5OS/c1-4-5-15-24-22(29)25-18(3)21-26-27-23(30-16-19-9-7-6-8-10-19)28(21)20-13-11-17(2)12-14-20/h6-14,18H,4-5,15-16H2,1-3H3,(H2,24,25,29). The van der Waals surface area contributed by atoms with E-state index in [2.05, 4.69) is 71.1 Å². The van der Waals surface area contributed by atoms with Crippen LogP contribution in [0, 0.1) is 6.92 Å². The van der Waals surface area contributed by atoms with E-state index in [-0.39, 0.29) is 12.1 Å². The van der Waals surface area contributed by atoms with E-state index in [4.69, 9.17) is 0 Å². The molecule has 0 bridgehead atoms. The minimum absolute atomic E-state index is 0.187. The summed E-state index contributed by atoms with van der Waals surface area (Å²) in [6, 6.07) is 18.1. The number of unbranched alkanes of at least 4 members (excludes halogenated alkanes) is 1. The normalized spacial score (nSPS) is 11.8. The topological polar surface area (TPSA) is 71.8 Å². The number of carbonyl (C=O) groups is 1. The van der Waals surface area contributed by atoms with Crippen LogP contribution in [-0.2, 0) is 5.75 Å². The zero-order valence-electron chi connectivity index (χ0n) is 17.8. The highest BCUT2D eigenvalue weighted by molar-refractivity contribution is 7.98. The van der Waals surface area contributed by atoms with Gasteiger partial charge >= 0.3 is 6.03 Å². The van der Waals surface area contributed by atoms with Crippen LogP contribution in [-0.4, -0.2) is 27.3 Å². The lowest BCUT2D eigenvalue weighted by Gasteiger charge is -2.17. The molecule has 0 fully saturated rings. The van der Waals surface area contributed by atoms with Crippen molar-refractivity contribution in [2.24, 2.45) is 0 Å². The molecule has 2 aromatic carbocycles. The Morgan fingerprint density at radius 1 is 1.10 bits per heavy atom. The quantitative estimate of drug-likeness (QED) is 0.374. The molecule has 158 valence electrons. The average Bonchev–Trinajstić information content (AvgIpc) is 3.18. The summed E-state index contributed by atoms with van der Waals surface area (Å²) in [4.78, 5) is 12.2. The van der Waals surface area contributed by atoms with E-state index in [0.29, 0.717) is 12.4 Å². The molecule has 0 spiro atoms. The first-order valence-corrected chi connectivity index (χ1v) is 11.3. The molecule has 1 unspecified atom stereocenters. The second-order valence-electron chi connectivity index (χ2n) is 7.26. The molecular weight excluding hydrogens is 394 g/mol. The second-order valence-corrected chi connectivity index (χ2v) is 8.20. The predicted octanol–water partition coefficient (Wildman–Crippen LogP) is 5.03. The van der Waals surface area contributed by atoms with Gasteiger partial charge in [0.1, 0.15) is 0 Å². The molecule has 0 aliphatic heterocycles. The van der Waals surface area contributed by atoms with Gasteiger partial charge in [-0.15, -0.1) is 10.2 Å². The summed E-state index contributed by atoms with van der Waals surface area (Å²) in [5.74, 6) is 1.50. The van der Waals surface area contributed by atoms with E-state index in [0.717, 1.165) is 29.4 Å². The Labute approximate surface area is 182 Å². The van der Waals surface area contributed by atoms with E-state index in [1.807, 2.05) is 29.7 Å². The summed E-state index contributed by atoms with van der Waals surface area (Å²) in [5.41, 5.74) is 3.40. The Kier molecular flexibility index (Phi) is 7.90. The number of aromatic nitrogens is 3. The number of benzene rings is 2. The Hall–Kier alpha value is -2.80. The predicted molar refractivity (Wildman–Crippen MR) is 122 cm³/mol.